The van der Waals surface area contributed by atoms with Gasteiger partial charge in [-0.3, -0.25) is 19.5 Å². The van der Waals surface area contributed by atoms with Crippen LogP contribution in [0.4, 0.5) is 5.82 Å². The molecule has 206 valence electrons. The maximum Gasteiger partial charge on any atom is 0.236 e. The lowest BCUT2D eigenvalue weighted by Crippen LogP contribution is -2.48. The van der Waals surface area contributed by atoms with Gasteiger partial charge in [-0.2, -0.15) is 0 Å². The van der Waals surface area contributed by atoms with E-state index >= 15 is 0 Å². The third-order valence-electron chi connectivity index (χ3n) is 6.91. The predicted octanol–water partition coefficient (Wildman–Crippen LogP) is 3.05. The second-order valence-corrected chi connectivity index (χ2v) is 11.7. The van der Waals surface area contributed by atoms with Crippen molar-refractivity contribution in [2.45, 2.75) is 56.1 Å². The molecule has 0 unspecified atom stereocenters. The zero-order valence-electron chi connectivity index (χ0n) is 21.8. The largest absolute Gasteiger partial charge is 0.477 e. The number of aromatic nitrogens is 4. The standard InChI is InChI=1S/C27H32N6O5S/c1-2-38-25-18-28-15-22(31-25)19-5-3-4-6-20(8-7-19)30-26(34)27(11-13-37-14-12-27)23-16-29-17-24(32-23)33-39(35,36)21-9-10-21/h5-8,15-18,21H,2-4,9-14H2,1H3,(H,30,34)(H,32,33)/b8-7-,19-5+,20-6?. The molecule has 2 aromatic rings. The maximum atomic E-state index is 13.9. The molecule has 2 aromatic heterocycles. The summed E-state index contributed by atoms with van der Waals surface area (Å²) in [7, 11) is -3.51. The van der Waals surface area contributed by atoms with Crippen molar-refractivity contribution in [1.82, 2.24) is 25.3 Å². The molecule has 3 aliphatic rings. The van der Waals surface area contributed by atoms with E-state index in [4.69, 9.17) is 9.47 Å². The van der Waals surface area contributed by atoms with Crippen molar-refractivity contribution in [2.75, 3.05) is 24.5 Å². The van der Waals surface area contributed by atoms with E-state index in [0.29, 0.717) is 68.5 Å². The first-order valence-electron chi connectivity index (χ1n) is 13.2. The Balaban J connectivity index is 1.36. The molecule has 5 rings (SSSR count). The number of hydrogen-bond acceptors (Lipinski definition) is 9. The van der Waals surface area contributed by atoms with Gasteiger partial charge in [0.25, 0.3) is 0 Å². The third-order valence-corrected chi connectivity index (χ3v) is 8.75. The Hall–Kier alpha value is -3.64. The number of rotatable bonds is 9. The van der Waals surface area contributed by atoms with Crippen LogP contribution < -0.4 is 14.8 Å². The summed E-state index contributed by atoms with van der Waals surface area (Å²) in [6.45, 7) is 3.15. The summed E-state index contributed by atoms with van der Waals surface area (Å²) in [6.07, 6.45) is 17.5. The van der Waals surface area contributed by atoms with Crippen LogP contribution in [0, 0.1) is 0 Å². The molecule has 0 atom stereocenters. The zero-order valence-corrected chi connectivity index (χ0v) is 22.6. The smallest absolute Gasteiger partial charge is 0.236 e. The molecule has 0 radical (unpaired) electrons. The number of anilines is 1. The van der Waals surface area contributed by atoms with Crippen molar-refractivity contribution in [1.29, 1.82) is 0 Å². The monoisotopic (exact) mass is 552 g/mol. The van der Waals surface area contributed by atoms with Crippen molar-refractivity contribution in [3.63, 3.8) is 0 Å². The average molecular weight is 553 g/mol. The molecule has 11 nitrogen and oxygen atoms in total. The quantitative estimate of drug-likeness (QED) is 0.479. The second-order valence-electron chi connectivity index (χ2n) is 9.69. The van der Waals surface area contributed by atoms with Crippen LogP contribution in [0.1, 0.15) is 56.8 Å². The van der Waals surface area contributed by atoms with Crippen LogP contribution in [0.3, 0.4) is 0 Å². The number of carbonyl (C=O) groups is 1. The summed E-state index contributed by atoms with van der Waals surface area (Å²) in [5.41, 5.74) is 1.62. The maximum absolute atomic E-state index is 13.9. The highest BCUT2D eigenvalue weighted by Crippen LogP contribution is 2.35. The molecule has 2 N–H and O–H groups in total. The summed E-state index contributed by atoms with van der Waals surface area (Å²) in [4.78, 5) is 31.4. The van der Waals surface area contributed by atoms with Gasteiger partial charge in [0.05, 0.1) is 47.3 Å². The van der Waals surface area contributed by atoms with Gasteiger partial charge in [0.2, 0.25) is 21.8 Å². The zero-order chi connectivity index (χ0) is 27.3. The van der Waals surface area contributed by atoms with Gasteiger partial charge in [-0.15, -0.1) is 0 Å². The number of allylic oxidation sites excluding steroid dienone is 5. The Morgan fingerprint density at radius 1 is 1.05 bits per heavy atom. The van der Waals surface area contributed by atoms with Crippen LogP contribution >= 0.6 is 0 Å². The van der Waals surface area contributed by atoms with Crippen LogP contribution in [0.15, 0.2) is 54.8 Å². The highest BCUT2D eigenvalue weighted by Gasteiger charge is 2.44. The molecule has 0 spiro atoms. The number of sulfonamides is 1. The molecular weight excluding hydrogens is 520 g/mol. The van der Waals surface area contributed by atoms with E-state index < -0.39 is 20.7 Å². The Kier molecular flexibility index (Phi) is 8.03. The highest BCUT2D eigenvalue weighted by atomic mass is 32.2. The Morgan fingerprint density at radius 3 is 2.59 bits per heavy atom. The Bertz CT molecular complexity index is 1410. The number of ether oxygens (including phenoxy) is 2. The minimum atomic E-state index is -3.51. The lowest BCUT2D eigenvalue weighted by atomic mass is 9.76. The first-order chi connectivity index (χ1) is 18.9. The minimum Gasteiger partial charge on any atom is -0.477 e. The molecule has 1 amide bonds. The lowest BCUT2D eigenvalue weighted by Gasteiger charge is -2.35. The molecule has 3 heterocycles. The van der Waals surface area contributed by atoms with Crippen LogP contribution in [0.25, 0.3) is 5.57 Å². The normalized spacial score (nSPS) is 21.4. The van der Waals surface area contributed by atoms with Crippen molar-refractivity contribution < 1.29 is 22.7 Å². The summed E-state index contributed by atoms with van der Waals surface area (Å²) < 4.78 is 38.5. The van der Waals surface area contributed by atoms with E-state index in [1.54, 1.807) is 12.4 Å². The van der Waals surface area contributed by atoms with Crippen LogP contribution in [-0.4, -0.2) is 59.3 Å². The number of hydrogen-bond donors (Lipinski definition) is 2. The van der Waals surface area contributed by atoms with Gasteiger partial charge >= 0.3 is 0 Å². The van der Waals surface area contributed by atoms with Gasteiger partial charge in [0, 0.05) is 25.1 Å². The fraction of sp³-hybridized carbons (Fsp3) is 0.444. The van der Waals surface area contributed by atoms with Crippen LogP contribution in [0.5, 0.6) is 5.88 Å². The molecule has 39 heavy (non-hydrogen) atoms. The number of carbonyl (C=O) groups excluding carboxylic acids is 1. The van der Waals surface area contributed by atoms with Gasteiger partial charge in [-0.05, 0) is 57.1 Å². The number of nitrogens with zero attached hydrogens (tertiary/aromatic N) is 4. The molecule has 12 heteroatoms. The molecule has 2 fully saturated rings. The molecule has 1 aliphatic heterocycles. The SMILES string of the molecule is CCOc1cncc(C2=C/CCC=C(NC(=O)C3(c4cncc(NS(=O)(=O)C5CC5)n4)CCOCC3)/C=C\2)n1. The van der Waals surface area contributed by atoms with E-state index in [0.717, 1.165) is 18.4 Å². The van der Waals surface area contributed by atoms with E-state index in [9.17, 15) is 13.2 Å². The number of amides is 1. The summed E-state index contributed by atoms with van der Waals surface area (Å²) >= 11 is 0. The van der Waals surface area contributed by atoms with E-state index in [-0.39, 0.29) is 11.7 Å². The Morgan fingerprint density at radius 2 is 1.82 bits per heavy atom. The highest BCUT2D eigenvalue weighted by molar-refractivity contribution is 7.93. The van der Waals surface area contributed by atoms with E-state index in [1.165, 1.54) is 12.4 Å². The van der Waals surface area contributed by atoms with Crippen LogP contribution in [-0.2, 0) is 25.0 Å². The average Bonchev–Trinajstić information content (AvgIpc) is 3.78. The lowest BCUT2D eigenvalue weighted by molar-refractivity contribution is -0.129. The summed E-state index contributed by atoms with van der Waals surface area (Å²) in [5, 5.41) is 2.69. The minimum absolute atomic E-state index is 0.119. The van der Waals surface area contributed by atoms with Gasteiger partial charge in [-0.25, -0.2) is 18.4 Å². The second kappa shape index (κ2) is 11.6. The van der Waals surface area contributed by atoms with Gasteiger partial charge in [0.1, 0.15) is 0 Å². The first kappa shape index (κ1) is 26.9. The first-order valence-corrected chi connectivity index (χ1v) is 14.7. The third kappa shape index (κ3) is 6.34. The van der Waals surface area contributed by atoms with Gasteiger partial charge < -0.3 is 14.8 Å². The fourth-order valence-electron chi connectivity index (χ4n) is 4.60. The van der Waals surface area contributed by atoms with E-state index in [2.05, 4.69) is 36.1 Å². The van der Waals surface area contributed by atoms with Gasteiger partial charge in [-0.1, -0.05) is 18.2 Å². The molecule has 0 bridgehead atoms. The molecular formula is C27H32N6O5S. The molecule has 1 saturated carbocycles. The van der Waals surface area contributed by atoms with Crippen molar-refractivity contribution in [3.8, 4) is 5.88 Å². The molecule has 1 saturated heterocycles. The van der Waals surface area contributed by atoms with Gasteiger partial charge in [0.15, 0.2) is 5.82 Å². The topological polar surface area (TPSA) is 145 Å². The van der Waals surface area contributed by atoms with Crippen LogP contribution in [0.2, 0.25) is 0 Å². The number of nitrogens with one attached hydrogen (secondary N) is 2. The van der Waals surface area contributed by atoms with Crippen molar-refractivity contribution >= 4 is 27.3 Å². The molecule has 2 aliphatic carbocycles. The molecule has 0 aromatic carbocycles. The Labute approximate surface area is 227 Å². The van der Waals surface area contributed by atoms with Crippen molar-refractivity contribution in [3.05, 3.63) is 66.2 Å². The predicted molar refractivity (Wildman–Crippen MR) is 145 cm³/mol. The van der Waals surface area contributed by atoms with Crippen molar-refractivity contribution in [2.24, 2.45) is 0 Å². The summed E-state index contributed by atoms with van der Waals surface area (Å²) in [6, 6.07) is 0. The summed E-state index contributed by atoms with van der Waals surface area (Å²) in [5.74, 6) is 0.343. The van der Waals surface area contributed by atoms with E-state index in [1.807, 2.05) is 25.2 Å². The fourth-order valence-corrected chi connectivity index (χ4v) is 5.92.